The molecule has 0 aromatic rings. The van der Waals surface area contributed by atoms with Crippen LogP contribution in [0.1, 0.15) is 52.9 Å². The lowest BCUT2D eigenvalue weighted by molar-refractivity contribution is -0.155. The van der Waals surface area contributed by atoms with Crippen molar-refractivity contribution in [3.05, 3.63) is 0 Å². The standard InChI is InChI=1S/C13H24O3/c1-13(2,3)12(14)16-10-9-15-11-7-5-4-6-8-11/h11H,4-10H2,1-3H3. The molecule has 0 N–H and O–H groups in total. The van der Waals surface area contributed by atoms with Gasteiger partial charge in [0, 0.05) is 0 Å². The molecule has 0 aromatic heterocycles. The van der Waals surface area contributed by atoms with Gasteiger partial charge in [0.1, 0.15) is 6.61 Å². The van der Waals surface area contributed by atoms with Crippen LogP contribution in [-0.4, -0.2) is 25.3 Å². The molecular weight excluding hydrogens is 204 g/mol. The fourth-order valence-corrected chi connectivity index (χ4v) is 1.80. The van der Waals surface area contributed by atoms with E-state index in [9.17, 15) is 4.79 Å². The molecule has 0 atom stereocenters. The first-order chi connectivity index (χ1) is 7.50. The smallest absolute Gasteiger partial charge is 0.311 e. The van der Waals surface area contributed by atoms with Gasteiger partial charge in [-0.05, 0) is 33.6 Å². The summed E-state index contributed by atoms with van der Waals surface area (Å²) in [5.41, 5.74) is -0.412. The van der Waals surface area contributed by atoms with Crippen LogP contribution in [0.15, 0.2) is 0 Å². The zero-order valence-corrected chi connectivity index (χ0v) is 10.8. The maximum absolute atomic E-state index is 11.4. The highest BCUT2D eigenvalue weighted by Crippen LogP contribution is 2.20. The molecule has 0 aliphatic heterocycles. The SMILES string of the molecule is CC(C)(C)C(=O)OCCOC1CCCCC1. The molecule has 0 saturated heterocycles. The van der Waals surface area contributed by atoms with E-state index in [2.05, 4.69) is 0 Å². The molecule has 0 bridgehead atoms. The summed E-state index contributed by atoms with van der Waals surface area (Å²) in [4.78, 5) is 11.4. The van der Waals surface area contributed by atoms with Crippen molar-refractivity contribution < 1.29 is 14.3 Å². The molecular formula is C13H24O3. The van der Waals surface area contributed by atoms with Gasteiger partial charge >= 0.3 is 5.97 Å². The molecule has 0 unspecified atom stereocenters. The minimum Gasteiger partial charge on any atom is -0.463 e. The van der Waals surface area contributed by atoms with E-state index in [1.807, 2.05) is 20.8 Å². The lowest BCUT2D eigenvalue weighted by Crippen LogP contribution is -2.26. The number of ether oxygens (including phenoxy) is 2. The zero-order valence-electron chi connectivity index (χ0n) is 10.8. The molecule has 0 spiro atoms. The van der Waals surface area contributed by atoms with Gasteiger partial charge in [0.25, 0.3) is 0 Å². The highest BCUT2D eigenvalue weighted by molar-refractivity contribution is 5.75. The summed E-state index contributed by atoms with van der Waals surface area (Å²) in [5, 5.41) is 0. The van der Waals surface area contributed by atoms with Crippen LogP contribution < -0.4 is 0 Å². The van der Waals surface area contributed by atoms with Gasteiger partial charge in [0.05, 0.1) is 18.1 Å². The Morgan fingerprint density at radius 3 is 2.31 bits per heavy atom. The van der Waals surface area contributed by atoms with Gasteiger partial charge in [-0.15, -0.1) is 0 Å². The third-order valence-corrected chi connectivity index (χ3v) is 2.83. The first-order valence-electron chi connectivity index (χ1n) is 6.29. The molecule has 1 fully saturated rings. The monoisotopic (exact) mass is 228 g/mol. The Balaban J connectivity index is 2.05. The number of hydrogen-bond donors (Lipinski definition) is 0. The number of carbonyl (C=O) groups is 1. The van der Waals surface area contributed by atoms with Crippen molar-refractivity contribution in [2.45, 2.75) is 59.0 Å². The molecule has 16 heavy (non-hydrogen) atoms. The van der Waals surface area contributed by atoms with Gasteiger partial charge in [-0.2, -0.15) is 0 Å². The summed E-state index contributed by atoms with van der Waals surface area (Å²) in [6.45, 7) is 6.49. The van der Waals surface area contributed by atoms with Crippen LogP contribution in [0.2, 0.25) is 0 Å². The average molecular weight is 228 g/mol. The van der Waals surface area contributed by atoms with E-state index in [0.29, 0.717) is 19.3 Å². The van der Waals surface area contributed by atoms with E-state index < -0.39 is 5.41 Å². The maximum Gasteiger partial charge on any atom is 0.311 e. The molecule has 3 nitrogen and oxygen atoms in total. The molecule has 1 aliphatic carbocycles. The Bertz CT molecular complexity index is 212. The minimum atomic E-state index is -0.412. The molecule has 3 heteroatoms. The number of hydrogen-bond acceptors (Lipinski definition) is 3. The Hall–Kier alpha value is -0.570. The third-order valence-electron chi connectivity index (χ3n) is 2.83. The highest BCUT2D eigenvalue weighted by atomic mass is 16.6. The Morgan fingerprint density at radius 2 is 1.75 bits per heavy atom. The summed E-state index contributed by atoms with van der Waals surface area (Å²) in [5.74, 6) is -0.153. The Labute approximate surface area is 98.5 Å². The fourth-order valence-electron chi connectivity index (χ4n) is 1.80. The summed E-state index contributed by atoms with van der Waals surface area (Å²) in [6.07, 6.45) is 6.58. The summed E-state index contributed by atoms with van der Waals surface area (Å²) in [7, 11) is 0. The zero-order chi connectivity index (χ0) is 12.0. The number of rotatable bonds is 4. The van der Waals surface area contributed by atoms with Crippen molar-refractivity contribution in [1.82, 2.24) is 0 Å². The van der Waals surface area contributed by atoms with E-state index in [1.165, 1.54) is 19.3 Å². The van der Waals surface area contributed by atoms with Crippen molar-refractivity contribution in [3.8, 4) is 0 Å². The van der Waals surface area contributed by atoms with Crippen molar-refractivity contribution >= 4 is 5.97 Å². The van der Waals surface area contributed by atoms with Crippen LogP contribution in [0.4, 0.5) is 0 Å². The summed E-state index contributed by atoms with van der Waals surface area (Å²) < 4.78 is 10.8. The molecule has 1 rings (SSSR count). The molecule has 1 aliphatic rings. The van der Waals surface area contributed by atoms with Gasteiger partial charge in [-0.25, -0.2) is 0 Å². The largest absolute Gasteiger partial charge is 0.463 e. The topological polar surface area (TPSA) is 35.5 Å². The predicted molar refractivity (Wildman–Crippen MR) is 63.2 cm³/mol. The van der Waals surface area contributed by atoms with Crippen LogP contribution in [0.5, 0.6) is 0 Å². The van der Waals surface area contributed by atoms with Crippen molar-refractivity contribution in [2.24, 2.45) is 5.41 Å². The first kappa shape index (κ1) is 13.5. The van der Waals surface area contributed by atoms with Crippen molar-refractivity contribution in [2.75, 3.05) is 13.2 Å². The number of carbonyl (C=O) groups excluding carboxylic acids is 1. The molecule has 0 aromatic carbocycles. The van der Waals surface area contributed by atoms with Gasteiger partial charge in [-0.1, -0.05) is 19.3 Å². The lowest BCUT2D eigenvalue weighted by Gasteiger charge is -2.22. The Kier molecular flexibility index (Phi) is 5.26. The van der Waals surface area contributed by atoms with Crippen LogP contribution in [0.25, 0.3) is 0 Å². The average Bonchev–Trinajstić information content (AvgIpc) is 2.24. The molecule has 0 heterocycles. The first-order valence-corrected chi connectivity index (χ1v) is 6.29. The van der Waals surface area contributed by atoms with Crippen molar-refractivity contribution in [3.63, 3.8) is 0 Å². The van der Waals surface area contributed by atoms with Crippen LogP contribution in [0, 0.1) is 5.41 Å². The second kappa shape index (κ2) is 6.24. The minimum absolute atomic E-state index is 0.153. The van der Waals surface area contributed by atoms with Gasteiger partial charge in [-0.3, -0.25) is 4.79 Å². The lowest BCUT2D eigenvalue weighted by atomic mass is 9.97. The van der Waals surface area contributed by atoms with Crippen LogP contribution >= 0.6 is 0 Å². The quantitative estimate of drug-likeness (QED) is 0.548. The second-order valence-corrected chi connectivity index (χ2v) is 5.52. The van der Waals surface area contributed by atoms with Crippen LogP contribution in [-0.2, 0) is 14.3 Å². The normalized spacial score (nSPS) is 18.4. The molecule has 0 amide bonds. The van der Waals surface area contributed by atoms with Gasteiger partial charge in [0.2, 0.25) is 0 Å². The number of esters is 1. The molecule has 0 radical (unpaired) electrons. The van der Waals surface area contributed by atoms with Gasteiger partial charge < -0.3 is 9.47 Å². The summed E-state index contributed by atoms with van der Waals surface area (Å²) in [6, 6.07) is 0. The predicted octanol–water partition coefficient (Wildman–Crippen LogP) is 2.93. The van der Waals surface area contributed by atoms with E-state index in [-0.39, 0.29) is 5.97 Å². The van der Waals surface area contributed by atoms with E-state index in [1.54, 1.807) is 0 Å². The molecule has 1 saturated carbocycles. The Morgan fingerprint density at radius 1 is 1.12 bits per heavy atom. The summed E-state index contributed by atoms with van der Waals surface area (Å²) >= 11 is 0. The second-order valence-electron chi connectivity index (χ2n) is 5.52. The third kappa shape index (κ3) is 4.97. The van der Waals surface area contributed by atoms with Gasteiger partial charge in [0.15, 0.2) is 0 Å². The van der Waals surface area contributed by atoms with E-state index in [0.717, 1.165) is 12.8 Å². The van der Waals surface area contributed by atoms with E-state index in [4.69, 9.17) is 9.47 Å². The molecule has 94 valence electrons. The van der Waals surface area contributed by atoms with E-state index >= 15 is 0 Å². The maximum atomic E-state index is 11.4. The van der Waals surface area contributed by atoms with Crippen molar-refractivity contribution in [1.29, 1.82) is 0 Å². The highest BCUT2D eigenvalue weighted by Gasteiger charge is 2.22. The fraction of sp³-hybridized carbons (Fsp3) is 0.923. The van der Waals surface area contributed by atoms with Crippen LogP contribution in [0.3, 0.4) is 0 Å².